The summed E-state index contributed by atoms with van der Waals surface area (Å²) in [4.78, 5) is 24.9. The van der Waals surface area contributed by atoms with Gasteiger partial charge in [0.2, 0.25) is 11.8 Å². The van der Waals surface area contributed by atoms with E-state index >= 15 is 0 Å². The predicted octanol–water partition coefficient (Wildman–Crippen LogP) is 0.762. The van der Waals surface area contributed by atoms with E-state index in [4.69, 9.17) is 16.2 Å². The Kier molecular flexibility index (Phi) is 5.03. The van der Waals surface area contributed by atoms with Crippen molar-refractivity contribution in [3.63, 3.8) is 0 Å². The number of nitrogen functional groups attached to an aromatic ring is 1. The molecule has 1 aromatic rings. The van der Waals surface area contributed by atoms with Crippen molar-refractivity contribution < 1.29 is 14.3 Å². The summed E-state index contributed by atoms with van der Waals surface area (Å²) in [6.45, 7) is 1.46. The number of anilines is 1. The van der Waals surface area contributed by atoms with Gasteiger partial charge in [-0.15, -0.1) is 0 Å². The van der Waals surface area contributed by atoms with Gasteiger partial charge in [0.05, 0.1) is 18.7 Å². The van der Waals surface area contributed by atoms with Crippen LogP contribution in [-0.2, 0) is 9.59 Å². The molecule has 1 aliphatic rings. The van der Waals surface area contributed by atoms with Crippen LogP contribution in [0.15, 0.2) is 24.3 Å². The van der Waals surface area contributed by atoms with Gasteiger partial charge in [0.25, 0.3) is 0 Å². The quantitative estimate of drug-likeness (QED) is 0.782. The van der Waals surface area contributed by atoms with Gasteiger partial charge in [-0.1, -0.05) is 12.1 Å². The van der Waals surface area contributed by atoms with Crippen molar-refractivity contribution in [2.75, 3.05) is 25.4 Å². The minimum atomic E-state index is -0.273. The third-order valence-corrected chi connectivity index (χ3v) is 3.74. The minimum absolute atomic E-state index is 0.0347. The van der Waals surface area contributed by atoms with Gasteiger partial charge in [-0.2, -0.15) is 0 Å². The second kappa shape index (κ2) is 6.97. The normalized spacial score (nSPS) is 15.7. The van der Waals surface area contributed by atoms with Gasteiger partial charge in [-0.3, -0.25) is 9.59 Å². The zero-order valence-corrected chi connectivity index (χ0v) is 12.0. The first-order valence-corrected chi connectivity index (χ1v) is 7.12. The van der Waals surface area contributed by atoms with Crippen molar-refractivity contribution in [3.05, 3.63) is 24.3 Å². The van der Waals surface area contributed by atoms with E-state index in [0.29, 0.717) is 50.4 Å². The maximum Gasteiger partial charge on any atom is 0.225 e. The molecule has 0 radical (unpaired) electrons. The Labute approximate surface area is 124 Å². The first-order chi connectivity index (χ1) is 10.1. The first kappa shape index (κ1) is 15.2. The highest BCUT2D eigenvalue weighted by Gasteiger charge is 2.25. The lowest BCUT2D eigenvalue weighted by atomic mass is 9.96. The Morgan fingerprint density at radius 3 is 2.52 bits per heavy atom. The predicted molar refractivity (Wildman–Crippen MR) is 79.5 cm³/mol. The zero-order chi connectivity index (χ0) is 15.2. The SMILES string of the molecule is NC(=O)C1CCN(C(=O)CCOc2ccccc2N)CC1. The molecule has 6 heteroatoms. The van der Waals surface area contributed by atoms with Crippen LogP contribution in [0.4, 0.5) is 5.69 Å². The fourth-order valence-electron chi connectivity index (χ4n) is 2.43. The maximum atomic E-state index is 12.0. The molecule has 21 heavy (non-hydrogen) atoms. The number of carbonyl (C=O) groups is 2. The number of amides is 2. The average Bonchev–Trinajstić information content (AvgIpc) is 2.49. The summed E-state index contributed by atoms with van der Waals surface area (Å²) in [7, 11) is 0. The fourth-order valence-corrected chi connectivity index (χ4v) is 2.43. The molecule has 6 nitrogen and oxygen atoms in total. The van der Waals surface area contributed by atoms with Crippen LogP contribution in [0.25, 0.3) is 0 Å². The van der Waals surface area contributed by atoms with Crippen molar-refractivity contribution in [1.29, 1.82) is 0 Å². The van der Waals surface area contributed by atoms with E-state index in [9.17, 15) is 9.59 Å². The highest BCUT2D eigenvalue weighted by atomic mass is 16.5. The van der Waals surface area contributed by atoms with Crippen LogP contribution in [-0.4, -0.2) is 36.4 Å². The van der Waals surface area contributed by atoms with Crippen molar-refractivity contribution in [3.8, 4) is 5.75 Å². The molecule has 1 aliphatic heterocycles. The molecule has 1 fully saturated rings. The lowest BCUT2D eigenvalue weighted by molar-refractivity contribution is -0.135. The lowest BCUT2D eigenvalue weighted by Crippen LogP contribution is -2.42. The number of nitrogens with zero attached hydrogens (tertiary/aromatic N) is 1. The summed E-state index contributed by atoms with van der Waals surface area (Å²) in [6, 6.07) is 7.20. The van der Waals surface area contributed by atoms with E-state index < -0.39 is 0 Å². The Balaban J connectivity index is 1.73. The van der Waals surface area contributed by atoms with Crippen molar-refractivity contribution in [2.45, 2.75) is 19.3 Å². The second-order valence-electron chi connectivity index (χ2n) is 5.19. The molecule has 2 rings (SSSR count). The third kappa shape index (κ3) is 4.11. The molecule has 2 amide bonds. The van der Waals surface area contributed by atoms with E-state index in [2.05, 4.69) is 0 Å². The number of carbonyl (C=O) groups excluding carboxylic acids is 2. The Hall–Kier alpha value is -2.24. The number of para-hydroxylation sites is 2. The Morgan fingerprint density at radius 1 is 1.24 bits per heavy atom. The minimum Gasteiger partial charge on any atom is -0.491 e. The topological polar surface area (TPSA) is 98.7 Å². The fraction of sp³-hybridized carbons (Fsp3) is 0.467. The number of nitrogens with two attached hydrogens (primary N) is 2. The number of ether oxygens (including phenoxy) is 1. The van der Waals surface area contributed by atoms with Crippen LogP contribution >= 0.6 is 0 Å². The number of primary amides is 1. The zero-order valence-electron chi connectivity index (χ0n) is 12.0. The van der Waals surface area contributed by atoms with Crippen LogP contribution in [0, 0.1) is 5.92 Å². The second-order valence-corrected chi connectivity index (χ2v) is 5.19. The summed E-state index contributed by atoms with van der Waals surface area (Å²) in [6.07, 6.45) is 1.59. The van der Waals surface area contributed by atoms with Crippen LogP contribution < -0.4 is 16.2 Å². The van der Waals surface area contributed by atoms with Crippen LogP contribution in [0.3, 0.4) is 0 Å². The highest BCUT2D eigenvalue weighted by Crippen LogP contribution is 2.20. The molecular formula is C15H21N3O3. The number of rotatable bonds is 5. The van der Waals surface area contributed by atoms with Gasteiger partial charge in [0.15, 0.2) is 0 Å². The molecule has 4 N–H and O–H groups in total. The van der Waals surface area contributed by atoms with E-state index in [1.807, 2.05) is 12.1 Å². The molecule has 0 saturated carbocycles. The molecule has 0 bridgehead atoms. The number of hydrogen-bond donors (Lipinski definition) is 2. The molecule has 1 saturated heterocycles. The molecular weight excluding hydrogens is 270 g/mol. The molecule has 0 aromatic heterocycles. The van der Waals surface area contributed by atoms with Gasteiger partial charge in [-0.05, 0) is 25.0 Å². The van der Waals surface area contributed by atoms with Crippen LogP contribution in [0.2, 0.25) is 0 Å². The molecule has 0 aliphatic carbocycles. The Bertz CT molecular complexity index is 511. The average molecular weight is 291 g/mol. The van der Waals surface area contributed by atoms with E-state index in [-0.39, 0.29) is 17.7 Å². The number of hydrogen-bond acceptors (Lipinski definition) is 4. The van der Waals surface area contributed by atoms with Gasteiger partial charge < -0.3 is 21.1 Å². The van der Waals surface area contributed by atoms with Crippen molar-refractivity contribution >= 4 is 17.5 Å². The lowest BCUT2D eigenvalue weighted by Gasteiger charge is -2.30. The largest absolute Gasteiger partial charge is 0.491 e. The van der Waals surface area contributed by atoms with Crippen LogP contribution in [0.5, 0.6) is 5.75 Å². The summed E-state index contributed by atoms with van der Waals surface area (Å²) in [5, 5.41) is 0. The Morgan fingerprint density at radius 2 is 1.90 bits per heavy atom. The molecule has 0 spiro atoms. The number of benzene rings is 1. The van der Waals surface area contributed by atoms with E-state index in [1.165, 1.54) is 0 Å². The monoisotopic (exact) mass is 291 g/mol. The first-order valence-electron chi connectivity index (χ1n) is 7.12. The van der Waals surface area contributed by atoms with Gasteiger partial charge >= 0.3 is 0 Å². The smallest absolute Gasteiger partial charge is 0.225 e. The van der Waals surface area contributed by atoms with Gasteiger partial charge in [-0.25, -0.2) is 0 Å². The van der Waals surface area contributed by atoms with Gasteiger partial charge in [0.1, 0.15) is 5.75 Å². The van der Waals surface area contributed by atoms with E-state index in [1.54, 1.807) is 17.0 Å². The summed E-state index contributed by atoms with van der Waals surface area (Å²) in [5.74, 6) is 0.254. The molecule has 1 aromatic carbocycles. The third-order valence-electron chi connectivity index (χ3n) is 3.74. The summed E-state index contributed by atoms with van der Waals surface area (Å²) < 4.78 is 5.51. The number of piperidine rings is 1. The molecule has 0 unspecified atom stereocenters. The molecule has 1 heterocycles. The van der Waals surface area contributed by atoms with Gasteiger partial charge in [0, 0.05) is 19.0 Å². The van der Waals surface area contributed by atoms with E-state index in [0.717, 1.165) is 0 Å². The maximum absolute atomic E-state index is 12.0. The summed E-state index contributed by atoms with van der Waals surface area (Å²) >= 11 is 0. The molecule has 114 valence electrons. The van der Waals surface area contributed by atoms with Crippen LogP contribution in [0.1, 0.15) is 19.3 Å². The molecule has 0 atom stereocenters. The number of likely N-dealkylation sites (tertiary alicyclic amines) is 1. The van der Waals surface area contributed by atoms with Crippen molar-refractivity contribution in [1.82, 2.24) is 4.90 Å². The highest BCUT2D eigenvalue weighted by molar-refractivity contribution is 5.78. The standard InChI is InChI=1S/C15H21N3O3/c16-12-3-1-2-4-13(12)21-10-7-14(19)18-8-5-11(6-9-18)15(17)20/h1-4,11H,5-10,16H2,(H2,17,20). The summed E-state index contributed by atoms with van der Waals surface area (Å²) in [5.41, 5.74) is 11.6. The van der Waals surface area contributed by atoms with Crippen molar-refractivity contribution in [2.24, 2.45) is 11.7 Å².